The van der Waals surface area contributed by atoms with Crippen LogP contribution in [0.3, 0.4) is 0 Å². The summed E-state index contributed by atoms with van der Waals surface area (Å²) in [5.74, 6) is -0.311. The molecule has 1 rings (SSSR count). The Morgan fingerprint density at radius 3 is 2.53 bits per heavy atom. The molecule has 0 unspecified atom stereocenters. The van der Waals surface area contributed by atoms with Gasteiger partial charge in [-0.15, -0.1) is 11.3 Å². The monoisotopic (exact) mass is 326 g/mol. The van der Waals surface area contributed by atoms with Gasteiger partial charge in [0.1, 0.15) is 11.4 Å². The first-order valence-electron chi connectivity index (χ1n) is 5.35. The van der Waals surface area contributed by atoms with Gasteiger partial charge in [-0.3, -0.25) is 5.32 Å². The zero-order chi connectivity index (χ0) is 14.8. The van der Waals surface area contributed by atoms with E-state index in [0.717, 1.165) is 11.3 Å². The molecular formula is C10H15ClN2O4S2. The SMILES string of the molecule is Cc1nc(NC(=O)OC(C)(C)C)sc1CS(=O)(=O)Cl. The van der Waals surface area contributed by atoms with Crippen molar-refractivity contribution in [3.63, 3.8) is 0 Å². The number of amides is 1. The second kappa shape index (κ2) is 5.64. The van der Waals surface area contributed by atoms with Crippen LogP contribution in [0.15, 0.2) is 0 Å². The van der Waals surface area contributed by atoms with Crippen molar-refractivity contribution in [2.24, 2.45) is 0 Å². The molecule has 0 aliphatic rings. The van der Waals surface area contributed by atoms with Crippen LogP contribution in [-0.4, -0.2) is 25.1 Å². The van der Waals surface area contributed by atoms with Gasteiger partial charge in [0.25, 0.3) is 0 Å². The molecule has 0 aromatic carbocycles. The van der Waals surface area contributed by atoms with E-state index in [1.54, 1.807) is 27.7 Å². The number of aryl methyl sites for hydroxylation is 1. The number of ether oxygens (including phenoxy) is 1. The molecule has 1 aromatic rings. The molecule has 108 valence electrons. The van der Waals surface area contributed by atoms with E-state index in [1.807, 2.05) is 0 Å². The van der Waals surface area contributed by atoms with Crippen molar-refractivity contribution in [2.75, 3.05) is 5.32 Å². The van der Waals surface area contributed by atoms with Gasteiger partial charge < -0.3 is 4.74 Å². The lowest BCUT2D eigenvalue weighted by molar-refractivity contribution is 0.0636. The first-order valence-corrected chi connectivity index (χ1v) is 8.64. The van der Waals surface area contributed by atoms with E-state index in [-0.39, 0.29) is 10.9 Å². The highest BCUT2D eigenvalue weighted by Crippen LogP contribution is 2.26. The summed E-state index contributed by atoms with van der Waals surface area (Å²) < 4.78 is 27.1. The molecule has 1 amide bonds. The number of halogens is 1. The molecule has 0 fully saturated rings. The Bertz CT molecular complexity index is 575. The third-order valence-electron chi connectivity index (χ3n) is 1.80. The number of aromatic nitrogens is 1. The summed E-state index contributed by atoms with van der Waals surface area (Å²) in [7, 11) is 1.54. The van der Waals surface area contributed by atoms with Crippen molar-refractivity contribution in [1.82, 2.24) is 4.98 Å². The number of carbonyl (C=O) groups is 1. The Morgan fingerprint density at radius 2 is 2.05 bits per heavy atom. The summed E-state index contributed by atoms with van der Waals surface area (Å²) in [5.41, 5.74) is -0.0983. The van der Waals surface area contributed by atoms with Gasteiger partial charge in [-0.2, -0.15) is 0 Å². The number of hydrogen-bond acceptors (Lipinski definition) is 6. The van der Waals surface area contributed by atoms with Gasteiger partial charge >= 0.3 is 6.09 Å². The molecule has 0 aliphatic heterocycles. The quantitative estimate of drug-likeness (QED) is 0.863. The van der Waals surface area contributed by atoms with Crippen LogP contribution in [0.4, 0.5) is 9.93 Å². The number of hydrogen-bond donors (Lipinski definition) is 1. The van der Waals surface area contributed by atoms with Crippen LogP contribution in [0.25, 0.3) is 0 Å². The van der Waals surface area contributed by atoms with Gasteiger partial charge in [0.15, 0.2) is 5.13 Å². The van der Waals surface area contributed by atoms with Gasteiger partial charge in [0.2, 0.25) is 9.05 Å². The van der Waals surface area contributed by atoms with E-state index in [4.69, 9.17) is 15.4 Å². The molecule has 0 saturated carbocycles. The standard InChI is InChI=1S/C10H15ClN2O4S2/c1-6-7(5-19(11,15)16)18-8(12-6)13-9(14)17-10(2,3)4/h5H2,1-4H3,(H,12,13,14). The zero-order valence-electron chi connectivity index (χ0n) is 11.0. The summed E-state index contributed by atoms with van der Waals surface area (Å²) in [6.45, 7) is 6.87. The Balaban J connectivity index is 2.77. The van der Waals surface area contributed by atoms with E-state index >= 15 is 0 Å². The van der Waals surface area contributed by atoms with Crippen LogP contribution in [0.2, 0.25) is 0 Å². The molecule has 6 nitrogen and oxygen atoms in total. The number of anilines is 1. The molecule has 1 heterocycles. The van der Waals surface area contributed by atoms with Gasteiger partial charge in [-0.25, -0.2) is 18.2 Å². The number of rotatable bonds is 3. The lowest BCUT2D eigenvalue weighted by atomic mass is 10.2. The minimum Gasteiger partial charge on any atom is -0.444 e. The van der Waals surface area contributed by atoms with Gasteiger partial charge in [-0.05, 0) is 27.7 Å². The molecule has 9 heteroatoms. The Morgan fingerprint density at radius 1 is 1.47 bits per heavy atom. The smallest absolute Gasteiger partial charge is 0.413 e. The molecule has 0 spiro atoms. The van der Waals surface area contributed by atoms with Gasteiger partial charge in [0, 0.05) is 15.6 Å². The highest BCUT2D eigenvalue weighted by molar-refractivity contribution is 8.13. The molecule has 19 heavy (non-hydrogen) atoms. The van der Waals surface area contributed by atoms with E-state index < -0.39 is 20.7 Å². The van der Waals surface area contributed by atoms with Crippen LogP contribution < -0.4 is 5.32 Å². The van der Waals surface area contributed by atoms with E-state index in [9.17, 15) is 13.2 Å². The predicted molar refractivity (Wildman–Crippen MR) is 75.2 cm³/mol. The summed E-state index contributed by atoms with van der Waals surface area (Å²) in [6.07, 6.45) is -0.637. The maximum absolute atomic E-state index is 11.5. The van der Waals surface area contributed by atoms with Crippen LogP contribution >= 0.6 is 22.0 Å². The molecule has 0 atom stereocenters. The summed E-state index contributed by atoms with van der Waals surface area (Å²) in [4.78, 5) is 16.1. The Hall–Kier alpha value is -0.860. The molecule has 0 radical (unpaired) electrons. The lowest BCUT2D eigenvalue weighted by Crippen LogP contribution is -2.27. The third kappa shape index (κ3) is 6.22. The molecule has 1 N–H and O–H groups in total. The van der Waals surface area contributed by atoms with Gasteiger partial charge in [-0.1, -0.05) is 0 Å². The number of thiazole rings is 1. The number of nitrogens with zero attached hydrogens (tertiary/aromatic N) is 1. The maximum atomic E-state index is 11.5. The minimum atomic E-state index is -3.64. The topological polar surface area (TPSA) is 85.4 Å². The van der Waals surface area contributed by atoms with Crippen molar-refractivity contribution >= 4 is 42.3 Å². The molecule has 1 aromatic heterocycles. The molecule has 0 aliphatic carbocycles. The second-order valence-corrected chi connectivity index (χ2v) is 8.70. The number of carbonyl (C=O) groups excluding carboxylic acids is 1. The van der Waals surface area contributed by atoms with Crippen molar-refractivity contribution in [1.29, 1.82) is 0 Å². The first-order chi connectivity index (χ1) is 8.46. The van der Waals surface area contributed by atoms with E-state index in [2.05, 4.69) is 10.3 Å². The lowest BCUT2D eigenvalue weighted by Gasteiger charge is -2.18. The fourth-order valence-electron chi connectivity index (χ4n) is 1.16. The fraction of sp³-hybridized carbons (Fsp3) is 0.600. The highest BCUT2D eigenvalue weighted by Gasteiger charge is 2.19. The molecule has 0 bridgehead atoms. The summed E-state index contributed by atoms with van der Waals surface area (Å²) in [6, 6.07) is 0. The minimum absolute atomic E-state index is 0.280. The van der Waals surface area contributed by atoms with E-state index in [0.29, 0.717) is 10.6 Å². The van der Waals surface area contributed by atoms with Crippen LogP contribution in [0, 0.1) is 6.92 Å². The van der Waals surface area contributed by atoms with Gasteiger partial charge in [0.05, 0.1) is 5.69 Å². The van der Waals surface area contributed by atoms with Crippen molar-refractivity contribution in [3.05, 3.63) is 10.6 Å². The summed E-state index contributed by atoms with van der Waals surface area (Å²) in [5, 5.41) is 2.73. The van der Waals surface area contributed by atoms with Crippen LogP contribution in [0.1, 0.15) is 31.3 Å². The fourth-order valence-corrected chi connectivity index (χ4v) is 3.65. The number of nitrogens with one attached hydrogen (secondary N) is 1. The Labute approximate surface area is 120 Å². The van der Waals surface area contributed by atoms with Crippen molar-refractivity contribution < 1.29 is 17.9 Å². The third-order valence-corrected chi connectivity index (χ3v) is 4.02. The highest BCUT2D eigenvalue weighted by atomic mass is 35.7. The summed E-state index contributed by atoms with van der Waals surface area (Å²) >= 11 is 1.05. The van der Waals surface area contributed by atoms with Crippen LogP contribution in [-0.2, 0) is 19.5 Å². The molecule has 0 saturated heterocycles. The largest absolute Gasteiger partial charge is 0.444 e. The average Bonchev–Trinajstić information content (AvgIpc) is 2.39. The maximum Gasteiger partial charge on any atom is 0.413 e. The zero-order valence-corrected chi connectivity index (χ0v) is 13.4. The normalized spacial score (nSPS) is 12.3. The molecular weight excluding hydrogens is 312 g/mol. The second-order valence-electron chi connectivity index (χ2n) is 4.84. The van der Waals surface area contributed by atoms with Crippen LogP contribution in [0.5, 0.6) is 0 Å². The Kier molecular flexibility index (Phi) is 4.81. The predicted octanol–water partition coefficient (Wildman–Crippen LogP) is 2.87. The van der Waals surface area contributed by atoms with Crippen molar-refractivity contribution in [3.8, 4) is 0 Å². The van der Waals surface area contributed by atoms with Crippen molar-refractivity contribution in [2.45, 2.75) is 39.0 Å². The average molecular weight is 327 g/mol. The first kappa shape index (κ1) is 16.2. The van der Waals surface area contributed by atoms with E-state index in [1.165, 1.54) is 0 Å².